The summed E-state index contributed by atoms with van der Waals surface area (Å²) in [6.07, 6.45) is 2.75. The molecule has 0 saturated heterocycles. The van der Waals surface area contributed by atoms with Gasteiger partial charge in [-0.05, 0) is 12.1 Å². The second kappa shape index (κ2) is 3.89. The summed E-state index contributed by atoms with van der Waals surface area (Å²) < 4.78 is 24.3. The van der Waals surface area contributed by atoms with Gasteiger partial charge in [-0.3, -0.25) is 4.68 Å². The van der Waals surface area contributed by atoms with Crippen LogP contribution in [0, 0.1) is 0 Å². The fraction of sp³-hybridized carbons (Fsp3) is 0.182. The molecule has 2 N–H and O–H groups in total. The highest BCUT2D eigenvalue weighted by Gasteiger charge is 2.10. The molecular formula is C11H13N3O2S. The molecule has 2 rings (SSSR count). The van der Waals surface area contributed by atoms with Crippen molar-refractivity contribution in [3.8, 4) is 11.3 Å². The number of hydrogen-bond donors (Lipinski definition) is 1. The number of sulfone groups is 1. The highest BCUT2D eigenvalue weighted by Crippen LogP contribution is 2.25. The van der Waals surface area contributed by atoms with E-state index in [-0.39, 0.29) is 0 Å². The van der Waals surface area contributed by atoms with Crippen molar-refractivity contribution in [3.63, 3.8) is 0 Å². The summed E-state index contributed by atoms with van der Waals surface area (Å²) in [4.78, 5) is 0.294. The second-order valence-corrected chi connectivity index (χ2v) is 5.88. The van der Waals surface area contributed by atoms with Gasteiger partial charge >= 0.3 is 0 Å². The molecule has 0 spiro atoms. The van der Waals surface area contributed by atoms with Gasteiger partial charge in [0.15, 0.2) is 9.84 Å². The first-order chi connectivity index (χ1) is 7.89. The van der Waals surface area contributed by atoms with Gasteiger partial charge in [-0.2, -0.15) is 5.10 Å². The quantitative estimate of drug-likeness (QED) is 0.866. The average Bonchev–Trinajstić information content (AvgIpc) is 2.58. The number of nitrogens with zero attached hydrogens (tertiary/aromatic N) is 2. The summed E-state index contributed by atoms with van der Waals surface area (Å²) >= 11 is 0. The van der Waals surface area contributed by atoms with Crippen molar-refractivity contribution in [3.05, 3.63) is 30.5 Å². The molecule has 0 radical (unpaired) electrons. The van der Waals surface area contributed by atoms with Crippen molar-refractivity contribution in [1.82, 2.24) is 9.78 Å². The Hall–Kier alpha value is -1.82. The van der Waals surface area contributed by atoms with Crippen molar-refractivity contribution >= 4 is 15.5 Å². The molecule has 0 unspecified atom stereocenters. The van der Waals surface area contributed by atoms with E-state index < -0.39 is 9.84 Å². The standard InChI is InChI=1S/C11H13N3O2S/c1-14-11(10(12)7-13-14)8-3-5-9(6-4-8)17(2,15)16/h3-7H,12H2,1-2H3. The number of nitrogen functional groups attached to an aromatic ring is 1. The topological polar surface area (TPSA) is 78.0 Å². The summed E-state index contributed by atoms with van der Waals surface area (Å²) in [6.45, 7) is 0. The molecule has 2 aromatic rings. The lowest BCUT2D eigenvalue weighted by Crippen LogP contribution is -1.98. The van der Waals surface area contributed by atoms with Crippen LogP contribution in [-0.2, 0) is 16.9 Å². The second-order valence-electron chi connectivity index (χ2n) is 3.87. The molecule has 0 amide bonds. The predicted molar refractivity (Wildman–Crippen MR) is 66.2 cm³/mol. The Bertz CT molecular complexity index is 622. The first-order valence-electron chi connectivity index (χ1n) is 4.97. The zero-order valence-corrected chi connectivity index (χ0v) is 10.4. The van der Waals surface area contributed by atoms with E-state index in [2.05, 4.69) is 5.10 Å². The van der Waals surface area contributed by atoms with Gasteiger partial charge in [0.2, 0.25) is 0 Å². The minimum absolute atomic E-state index is 0.294. The third kappa shape index (κ3) is 2.16. The van der Waals surface area contributed by atoms with Crippen molar-refractivity contribution in [2.45, 2.75) is 4.90 Å². The molecule has 0 aliphatic rings. The molecule has 1 aromatic carbocycles. The molecule has 6 heteroatoms. The molecule has 0 aliphatic heterocycles. The Kier molecular flexibility index (Phi) is 2.66. The van der Waals surface area contributed by atoms with Crippen LogP contribution < -0.4 is 5.73 Å². The van der Waals surface area contributed by atoms with E-state index >= 15 is 0 Å². The molecule has 0 bridgehead atoms. The molecule has 1 aromatic heterocycles. The zero-order valence-electron chi connectivity index (χ0n) is 9.58. The van der Waals surface area contributed by atoms with Gasteiger partial charge in [0, 0.05) is 18.9 Å². The maximum atomic E-state index is 11.3. The third-order valence-corrected chi connectivity index (χ3v) is 3.65. The number of anilines is 1. The summed E-state index contributed by atoms with van der Waals surface area (Å²) in [5, 5.41) is 4.04. The minimum atomic E-state index is -3.16. The third-order valence-electron chi connectivity index (χ3n) is 2.52. The number of hydrogen-bond acceptors (Lipinski definition) is 4. The number of benzene rings is 1. The van der Waals surface area contributed by atoms with E-state index in [9.17, 15) is 8.42 Å². The number of nitrogens with two attached hydrogens (primary N) is 1. The lowest BCUT2D eigenvalue weighted by Gasteiger charge is -2.05. The first-order valence-corrected chi connectivity index (χ1v) is 6.86. The van der Waals surface area contributed by atoms with Gasteiger partial charge in [-0.15, -0.1) is 0 Å². The summed E-state index contributed by atoms with van der Waals surface area (Å²) in [5.74, 6) is 0. The van der Waals surface area contributed by atoms with Crippen molar-refractivity contribution in [1.29, 1.82) is 0 Å². The van der Waals surface area contributed by atoms with Crippen LogP contribution in [-0.4, -0.2) is 24.5 Å². The summed E-state index contributed by atoms with van der Waals surface area (Å²) in [5.41, 5.74) is 7.99. The van der Waals surface area contributed by atoms with Gasteiger partial charge in [-0.1, -0.05) is 12.1 Å². The highest BCUT2D eigenvalue weighted by molar-refractivity contribution is 7.90. The van der Waals surface area contributed by atoms with E-state index in [0.717, 1.165) is 11.3 Å². The largest absolute Gasteiger partial charge is 0.396 e. The number of aryl methyl sites for hydroxylation is 1. The molecule has 17 heavy (non-hydrogen) atoms. The van der Waals surface area contributed by atoms with Crippen LogP contribution in [0.3, 0.4) is 0 Å². The Labute approximate surface area is 99.8 Å². The van der Waals surface area contributed by atoms with Crippen LogP contribution in [0.5, 0.6) is 0 Å². The normalized spacial score (nSPS) is 11.6. The fourth-order valence-corrected chi connectivity index (χ4v) is 2.30. The van der Waals surface area contributed by atoms with Crippen molar-refractivity contribution in [2.75, 3.05) is 12.0 Å². The molecule has 90 valence electrons. The fourth-order valence-electron chi connectivity index (χ4n) is 1.67. The van der Waals surface area contributed by atoms with Crippen LogP contribution in [0.2, 0.25) is 0 Å². The Morgan fingerprint density at radius 2 is 1.82 bits per heavy atom. The maximum Gasteiger partial charge on any atom is 0.175 e. The van der Waals surface area contributed by atoms with Crippen LogP contribution in [0.4, 0.5) is 5.69 Å². The van der Waals surface area contributed by atoms with Crippen LogP contribution in [0.1, 0.15) is 0 Å². The Balaban J connectivity index is 2.50. The Morgan fingerprint density at radius 1 is 1.24 bits per heavy atom. The van der Waals surface area contributed by atoms with Gasteiger partial charge in [0.25, 0.3) is 0 Å². The van der Waals surface area contributed by atoms with E-state index in [1.165, 1.54) is 6.26 Å². The van der Waals surface area contributed by atoms with E-state index in [1.807, 2.05) is 0 Å². The van der Waals surface area contributed by atoms with Crippen LogP contribution in [0.15, 0.2) is 35.4 Å². The van der Waals surface area contributed by atoms with Gasteiger partial charge in [0.05, 0.1) is 22.5 Å². The minimum Gasteiger partial charge on any atom is -0.396 e. The molecule has 5 nitrogen and oxygen atoms in total. The maximum absolute atomic E-state index is 11.3. The van der Waals surface area contributed by atoms with Gasteiger partial charge in [0.1, 0.15) is 0 Å². The lowest BCUT2D eigenvalue weighted by molar-refractivity contribution is 0.602. The predicted octanol–water partition coefficient (Wildman–Crippen LogP) is 1.07. The molecule has 0 saturated carbocycles. The summed E-state index contributed by atoms with van der Waals surface area (Å²) in [6, 6.07) is 6.59. The molecular weight excluding hydrogens is 238 g/mol. The van der Waals surface area contributed by atoms with Crippen LogP contribution >= 0.6 is 0 Å². The SMILES string of the molecule is Cn1ncc(N)c1-c1ccc(S(C)(=O)=O)cc1. The highest BCUT2D eigenvalue weighted by atomic mass is 32.2. The van der Waals surface area contributed by atoms with E-state index in [1.54, 1.807) is 42.2 Å². The molecule has 0 aliphatic carbocycles. The van der Waals surface area contributed by atoms with E-state index in [0.29, 0.717) is 10.6 Å². The average molecular weight is 251 g/mol. The number of rotatable bonds is 2. The molecule has 1 heterocycles. The summed E-state index contributed by atoms with van der Waals surface area (Å²) in [7, 11) is -1.37. The van der Waals surface area contributed by atoms with Crippen molar-refractivity contribution in [2.24, 2.45) is 7.05 Å². The molecule has 0 fully saturated rings. The van der Waals surface area contributed by atoms with E-state index in [4.69, 9.17) is 5.73 Å². The van der Waals surface area contributed by atoms with Crippen LogP contribution in [0.25, 0.3) is 11.3 Å². The van der Waals surface area contributed by atoms with Gasteiger partial charge < -0.3 is 5.73 Å². The lowest BCUT2D eigenvalue weighted by atomic mass is 10.1. The zero-order chi connectivity index (χ0) is 12.6. The monoisotopic (exact) mass is 251 g/mol. The molecule has 0 atom stereocenters. The first kappa shape index (κ1) is 11.7. The number of aromatic nitrogens is 2. The van der Waals surface area contributed by atoms with Gasteiger partial charge in [-0.25, -0.2) is 8.42 Å². The van der Waals surface area contributed by atoms with Crippen molar-refractivity contribution < 1.29 is 8.42 Å². The smallest absolute Gasteiger partial charge is 0.175 e. The Morgan fingerprint density at radius 3 is 2.24 bits per heavy atom.